The Morgan fingerprint density at radius 1 is 1.07 bits per heavy atom. The van der Waals surface area contributed by atoms with Crippen LogP contribution in [0.25, 0.3) is 0 Å². The first kappa shape index (κ1) is 38.6. The van der Waals surface area contributed by atoms with Crippen molar-refractivity contribution in [3.05, 3.63) is 24.1 Å². The van der Waals surface area contributed by atoms with Crippen molar-refractivity contribution in [2.45, 2.75) is 150 Å². The summed E-state index contributed by atoms with van der Waals surface area (Å²) in [5, 5.41) is -0.0734. The number of cyclic esters (lactones) is 1. The van der Waals surface area contributed by atoms with Gasteiger partial charge < -0.3 is 13.6 Å². The largest absolute Gasteiger partial charge is 0.454 e. The average Bonchev–Trinajstić information content (AvgIpc) is 2.89. The monoisotopic (exact) mass is 626 g/mol. The maximum absolute atomic E-state index is 14.8. The molecule has 1 aliphatic rings. The molecule has 1 heterocycles. The van der Waals surface area contributed by atoms with E-state index in [1.54, 1.807) is 6.08 Å². The molecule has 6 nitrogen and oxygen atoms in total. The standard InChI is InChI=1S/C33H59FO6Si2/c1-14-42(15-2,16-3)39-28-22-29(36)38-27(25(6)35)21-20-26(34)19-17-18-23(4)30(24(5)31(37)33(28,10)11)40-41(12,13)32(7,8)9/h17-18,20,23-24,27-28,30H,14-16,19,21-22H2,1-13H3/b18-17+,26-20+/t23-,24+,27-,28-,30?/m0/s1. The van der Waals surface area contributed by atoms with Gasteiger partial charge in [0.2, 0.25) is 0 Å². The molecule has 0 N–H and O–H groups in total. The Balaban J connectivity index is 3.77. The molecule has 1 rings (SSSR count). The van der Waals surface area contributed by atoms with Crippen molar-refractivity contribution in [3.63, 3.8) is 0 Å². The summed E-state index contributed by atoms with van der Waals surface area (Å²) in [5.41, 5.74) is -1.04. The molecule has 0 fully saturated rings. The SMILES string of the molecule is CC[Si](CC)(CC)O[C@H]1CC(=O)O[C@H](C(C)=O)C/C=C(/F)C/C=C/[C@H](C)C(O[Si](C)(C)C(C)(C)C)[C@@H](C)C(=O)C1(C)C. The summed E-state index contributed by atoms with van der Waals surface area (Å²) in [6.45, 7) is 26.1. The van der Waals surface area contributed by atoms with Crippen LogP contribution in [-0.4, -0.2) is 52.5 Å². The smallest absolute Gasteiger partial charge is 0.309 e. The van der Waals surface area contributed by atoms with Crippen LogP contribution in [0.5, 0.6) is 0 Å². The number of esters is 1. The van der Waals surface area contributed by atoms with Gasteiger partial charge in [0.1, 0.15) is 5.78 Å². The minimum Gasteiger partial charge on any atom is -0.454 e. The highest BCUT2D eigenvalue weighted by Gasteiger charge is 2.49. The van der Waals surface area contributed by atoms with E-state index in [0.29, 0.717) is 0 Å². The van der Waals surface area contributed by atoms with Crippen LogP contribution in [0.15, 0.2) is 24.1 Å². The lowest BCUT2D eigenvalue weighted by atomic mass is 9.73. The van der Waals surface area contributed by atoms with Gasteiger partial charge in [0, 0.05) is 24.2 Å². The zero-order chi connectivity index (χ0) is 32.7. The summed E-state index contributed by atoms with van der Waals surface area (Å²) >= 11 is 0. The van der Waals surface area contributed by atoms with Crippen LogP contribution in [0.1, 0.15) is 95.4 Å². The zero-order valence-electron chi connectivity index (χ0n) is 28.7. The van der Waals surface area contributed by atoms with Crippen molar-refractivity contribution in [1.82, 2.24) is 0 Å². The molecule has 0 aromatic carbocycles. The molecule has 242 valence electrons. The second-order valence-electron chi connectivity index (χ2n) is 14.2. The third-order valence-electron chi connectivity index (χ3n) is 9.81. The lowest BCUT2D eigenvalue weighted by molar-refractivity contribution is -0.158. The van der Waals surface area contributed by atoms with Crippen LogP contribution in [0, 0.1) is 17.3 Å². The lowest BCUT2D eigenvalue weighted by Crippen LogP contribution is -2.53. The molecule has 5 atom stereocenters. The fourth-order valence-electron chi connectivity index (χ4n) is 5.30. The van der Waals surface area contributed by atoms with Crippen LogP contribution < -0.4 is 0 Å². The molecule has 0 amide bonds. The van der Waals surface area contributed by atoms with E-state index in [0.717, 1.165) is 18.1 Å². The molecular weight excluding hydrogens is 568 g/mol. The van der Waals surface area contributed by atoms with Crippen LogP contribution in [-0.2, 0) is 28.0 Å². The highest BCUT2D eigenvalue weighted by Crippen LogP contribution is 2.42. The van der Waals surface area contributed by atoms with Crippen LogP contribution in [0.3, 0.4) is 0 Å². The molecule has 0 bridgehead atoms. The van der Waals surface area contributed by atoms with E-state index >= 15 is 0 Å². The fraction of sp³-hybridized carbons (Fsp3) is 0.788. The van der Waals surface area contributed by atoms with Gasteiger partial charge in [0.15, 0.2) is 28.5 Å². The molecule has 9 heteroatoms. The number of hydrogen-bond donors (Lipinski definition) is 0. The van der Waals surface area contributed by atoms with Gasteiger partial charge in [-0.1, -0.05) is 81.4 Å². The van der Waals surface area contributed by atoms with E-state index in [1.165, 1.54) is 13.0 Å². The van der Waals surface area contributed by atoms with Gasteiger partial charge in [-0.15, -0.1) is 0 Å². The lowest BCUT2D eigenvalue weighted by Gasteiger charge is -2.45. The molecule has 0 spiro atoms. The van der Waals surface area contributed by atoms with Crippen LogP contribution in [0.2, 0.25) is 36.3 Å². The van der Waals surface area contributed by atoms with Crippen molar-refractivity contribution in [2.75, 3.05) is 0 Å². The number of ether oxygens (including phenoxy) is 1. The summed E-state index contributed by atoms with van der Waals surface area (Å²) in [6, 6.07) is 2.55. The van der Waals surface area contributed by atoms with Crippen LogP contribution in [0.4, 0.5) is 4.39 Å². The van der Waals surface area contributed by atoms with E-state index in [1.807, 2.05) is 33.8 Å². The van der Waals surface area contributed by atoms with E-state index in [9.17, 15) is 18.8 Å². The molecule has 0 aromatic rings. The molecular formula is C33H59FO6Si2. The Kier molecular flexibility index (Phi) is 14.3. The van der Waals surface area contributed by atoms with Crippen molar-refractivity contribution in [3.8, 4) is 0 Å². The van der Waals surface area contributed by atoms with Crippen molar-refractivity contribution < 1.29 is 32.4 Å². The Hall–Kier alpha value is -1.43. The minimum atomic E-state index is -2.29. The second kappa shape index (κ2) is 15.5. The molecule has 1 aliphatic heterocycles. The number of allylic oxidation sites excluding steroid dienone is 2. The highest BCUT2D eigenvalue weighted by molar-refractivity contribution is 6.74. The third kappa shape index (κ3) is 10.1. The number of Topliss-reactive ketones (excluding diaryl/α,β-unsaturated/α-hetero) is 2. The summed E-state index contributed by atoms with van der Waals surface area (Å²) < 4.78 is 34.1. The second-order valence-corrected chi connectivity index (χ2v) is 23.7. The first-order chi connectivity index (χ1) is 19.2. The highest BCUT2D eigenvalue weighted by atomic mass is 28.4. The number of halogens is 1. The number of carbonyl (C=O) groups is 3. The first-order valence-electron chi connectivity index (χ1n) is 15.8. The molecule has 0 saturated carbocycles. The van der Waals surface area contributed by atoms with E-state index < -0.39 is 58.1 Å². The van der Waals surface area contributed by atoms with E-state index in [2.05, 4.69) is 54.6 Å². The normalized spacial score (nSPS) is 29.4. The van der Waals surface area contributed by atoms with Gasteiger partial charge in [0.05, 0.1) is 24.5 Å². The summed E-state index contributed by atoms with van der Waals surface area (Å²) in [4.78, 5) is 40.1. The average molecular weight is 627 g/mol. The fourth-order valence-corrected chi connectivity index (χ4v) is 9.73. The van der Waals surface area contributed by atoms with Crippen molar-refractivity contribution >= 4 is 34.2 Å². The maximum Gasteiger partial charge on any atom is 0.309 e. The summed E-state index contributed by atoms with van der Waals surface area (Å²) in [7, 11) is -4.55. The van der Waals surface area contributed by atoms with Gasteiger partial charge in [-0.25, -0.2) is 4.39 Å². The third-order valence-corrected chi connectivity index (χ3v) is 18.9. The molecule has 0 radical (unpaired) electrons. The zero-order valence-corrected chi connectivity index (χ0v) is 30.7. The first-order valence-corrected chi connectivity index (χ1v) is 21.2. The Morgan fingerprint density at radius 2 is 1.62 bits per heavy atom. The van der Waals surface area contributed by atoms with Crippen molar-refractivity contribution in [1.29, 1.82) is 0 Å². The quantitative estimate of drug-likeness (QED) is 0.152. The summed E-state index contributed by atoms with van der Waals surface area (Å²) in [6.07, 6.45) is 2.55. The Morgan fingerprint density at radius 3 is 2.10 bits per heavy atom. The van der Waals surface area contributed by atoms with Gasteiger partial charge in [-0.05, 0) is 55.2 Å². The van der Waals surface area contributed by atoms with Gasteiger partial charge in [-0.3, -0.25) is 14.4 Å². The molecule has 0 aliphatic carbocycles. The molecule has 1 unspecified atom stereocenters. The topological polar surface area (TPSA) is 78.9 Å². The number of hydrogen-bond acceptors (Lipinski definition) is 6. The van der Waals surface area contributed by atoms with E-state index in [-0.39, 0.29) is 41.8 Å². The van der Waals surface area contributed by atoms with Gasteiger partial charge >= 0.3 is 5.97 Å². The van der Waals surface area contributed by atoms with Crippen LogP contribution >= 0.6 is 0 Å². The predicted octanol–water partition coefficient (Wildman–Crippen LogP) is 8.73. The number of rotatable bonds is 8. The van der Waals surface area contributed by atoms with E-state index in [4.69, 9.17) is 13.6 Å². The molecule has 0 aromatic heterocycles. The van der Waals surface area contributed by atoms with Gasteiger partial charge in [-0.2, -0.15) is 0 Å². The molecule has 42 heavy (non-hydrogen) atoms. The summed E-state index contributed by atoms with van der Waals surface area (Å²) in [5.74, 6) is -2.12. The Labute approximate surface area is 257 Å². The van der Waals surface area contributed by atoms with Crippen molar-refractivity contribution in [2.24, 2.45) is 17.3 Å². The molecule has 0 saturated heterocycles. The number of carbonyl (C=O) groups excluding carboxylic acids is 3. The Bertz CT molecular complexity index is 985. The van der Waals surface area contributed by atoms with Gasteiger partial charge in [0.25, 0.3) is 0 Å². The predicted molar refractivity (Wildman–Crippen MR) is 174 cm³/mol. The maximum atomic E-state index is 14.8. The number of ketones is 2. The minimum absolute atomic E-state index is 0.0389.